The second-order valence-corrected chi connectivity index (χ2v) is 5.40. The molecule has 1 heterocycles. The van der Waals surface area contributed by atoms with Gasteiger partial charge >= 0.3 is 0 Å². The summed E-state index contributed by atoms with van der Waals surface area (Å²) in [6, 6.07) is 0.645. The van der Waals surface area contributed by atoms with Crippen LogP contribution in [0, 0.1) is 5.92 Å². The third-order valence-corrected chi connectivity index (χ3v) is 3.48. The minimum absolute atomic E-state index is 0.161. The number of hydrogen-bond donors (Lipinski definition) is 2. The average Bonchev–Trinajstić information content (AvgIpc) is 2.51. The topological polar surface area (TPSA) is 32.3 Å². The molecule has 0 aliphatic carbocycles. The third kappa shape index (κ3) is 4.89. The monoisotopic (exact) mass is 203 g/mol. The summed E-state index contributed by atoms with van der Waals surface area (Å²) in [5.74, 6) is 3.08. The van der Waals surface area contributed by atoms with Gasteiger partial charge in [0.15, 0.2) is 0 Å². The summed E-state index contributed by atoms with van der Waals surface area (Å²) in [5, 5.41) is 13.0. The number of hydrogen-bond acceptors (Lipinski definition) is 3. The molecule has 13 heavy (non-hydrogen) atoms. The maximum atomic E-state index is 9.61. The molecule has 0 radical (unpaired) electrons. The van der Waals surface area contributed by atoms with Crippen LogP contribution >= 0.6 is 11.8 Å². The van der Waals surface area contributed by atoms with Crippen LogP contribution < -0.4 is 5.32 Å². The van der Waals surface area contributed by atoms with Gasteiger partial charge in [0.25, 0.3) is 0 Å². The number of rotatable bonds is 5. The van der Waals surface area contributed by atoms with E-state index in [0.29, 0.717) is 12.0 Å². The molecule has 2 unspecified atom stereocenters. The van der Waals surface area contributed by atoms with Crippen molar-refractivity contribution in [2.24, 2.45) is 5.92 Å². The Morgan fingerprint density at radius 1 is 1.54 bits per heavy atom. The molecule has 0 aromatic heterocycles. The maximum Gasteiger partial charge on any atom is 0.0667 e. The van der Waals surface area contributed by atoms with E-state index in [1.807, 2.05) is 11.8 Å². The van der Waals surface area contributed by atoms with E-state index >= 15 is 0 Å². The molecule has 1 aliphatic heterocycles. The summed E-state index contributed by atoms with van der Waals surface area (Å²) in [6.45, 7) is 5.06. The maximum absolute atomic E-state index is 9.61. The van der Waals surface area contributed by atoms with Crippen LogP contribution in [0.5, 0.6) is 0 Å². The standard InChI is InChI=1S/C10H21NOS/c1-8(2)5-10(12)6-11-9-3-4-13-7-9/h8-12H,3-7H2,1-2H3. The number of aliphatic hydroxyl groups is 1. The molecular formula is C10H21NOS. The van der Waals surface area contributed by atoms with Gasteiger partial charge in [0, 0.05) is 18.3 Å². The number of nitrogens with one attached hydrogen (secondary N) is 1. The highest BCUT2D eigenvalue weighted by Gasteiger charge is 2.16. The molecule has 78 valence electrons. The highest BCUT2D eigenvalue weighted by Crippen LogP contribution is 2.17. The second-order valence-electron chi connectivity index (χ2n) is 4.25. The van der Waals surface area contributed by atoms with Gasteiger partial charge in [0.1, 0.15) is 0 Å². The van der Waals surface area contributed by atoms with E-state index in [9.17, 15) is 5.11 Å². The van der Waals surface area contributed by atoms with Crippen molar-refractivity contribution in [3.63, 3.8) is 0 Å². The molecule has 0 bridgehead atoms. The van der Waals surface area contributed by atoms with Crippen LogP contribution in [0.4, 0.5) is 0 Å². The van der Waals surface area contributed by atoms with Crippen molar-refractivity contribution in [2.75, 3.05) is 18.1 Å². The Kier molecular flexibility index (Phi) is 5.14. The van der Waals surface area contributed by atoms with E-state index in [4.69, 9.17) is 0 Å². The quantitative estimate of drug-likeness (QED) is 0.710. The number of aliphatic hydroxyl groups excluding tert-OH is 1. The largest absolute Gasteiger partial charge is 0.392 e. The van der Waals surface area contributed by atoms with Gasteiger partial charge in [0.05, 0.1) is 6.10 Å². The third-order valence-electron chi connectivity index (χ3n) is 2.32. The van der Waals surface area contributed by atoms with E-state index in [1.165, 1.54) is 17.9 Å². The van der Waals surface area contributed by atoms with Crippen LogP contribution in [0.3, 0.4) is 0 Å². The van der Waals surface area contributed by atoms with Gasteiger partial charge in [-0.05, 0) is 24.5 Å². The molecule has 1 aliphatic rings. The lowest BCUT2D eigenvalue weighted by Crippen LogP contribution is -2.36. The smallest absolute Gasteiger partial charge is 0.0667 e. The molecule has 2 atom stereocenters. The minimum Gasteiger partial charge on any atom is -0.392 e. The van der Waals surface area contributed by atoms with Crippen molar-refractivity contribution < 1.29 is 5.11 Å². The lowest BCUT2D eigenvalue weighted by Gasteiger charge is -2.16. The van der Waals surface area contributed by atoms with Gasteiger partial charge in [-0.1, -0.05) is 13.8 Å². The fourth-order valence-electron chi connectivity index (χ4n) is 1.63. The first-order valence-electron chi connectivity index (χ1n) is 5.17. The highest BCUT2D eigenvalue weighted by atomic mass is 32.2. The summed E-state index contributed by atoms with van der Waals surface area (Å²) >= 11 is 2.00. The summed E-state index contributed by atoms with van der Waals surface area (Å²) in [7, 11) is 0. The van der Waals surface area contributed by atoms with E-state index in [-0.39, 0.29) is 6.10 Å². The Balaban J connectivity index is 2.03. The first-order valence-corrected chi connectivity index (χ1v) is 6.33. The van der Waals surface area contributed by atoms with Gasteiger partial charge < -0.3 is 10.4 Å². The van der Waals surface area contributed by atoms with Gasteiger partial charge in [0.2, 0.25) is 0 Å². The van der Waals surface area contributed by atoms with Crippen LogP contribution in [0.2, 0.25) is 0 Å². The first kappa shape index (κ1) is 11.3. The zero-order valence-corrected chi connectivity index (χ0v) is 9.44. The fraction of sp³-hybridized carbons (Fsp3) is 1.00. The van der Waals surface area contributed by atoms with Crippen LogP contribution in [0.25, 0.3) is 0 Å². The molecular weight excluding hydrogens is 182 g/mol. The molecule has 0 spiro atoms. The molecule has 1 fully saturated rings. The molecule has 1 saturated heterocycles. The summed E-state index contributed by atoms with van der Waals surface area (Å²) in [5.41, 5.74) is 0. The summed E-state index contributed by atoms with van der Waals surface area (Å²) in [6.07, 6.45) is 2.01. The highest BCUT2D eigenvalue weighted by molar-refractivity contribution is 7.99. The van der Waals surface area contributed by atoms with Crippen LogP contribution in [-0.4, -0.2) is 35.3 Å². The van der Waals surface area contributed by atoms with Gasteiger partial charge in [-0.2, -0.15) is 11.8 Å². The predicted octanol–water partition coefficient (Wildman–Crippen LogP) is 1.49. The van der Waals surface area contributed by atoms with Crippen molar-refractivity contribution in [1.82, 2.24) is 5.32 Å². The predicted molar refractivity (Wildman–Crippen MR) is 59.2 cm³/mol. The average molecular weight is 203 g/mol. The van der Waals surface area contributed by atoms with E-state index in [0.717, 1.165) is 13.0 Å². The normalized spacial score (nSPS) is 25.4. The van der Waals surface area contributed by atoms with Crippen molar-refractivity contribution >= 4 is 11.8 Å². The van der Waals surface area contributed by atoms with Crippen molar-refractivity contribution in [1.29, 1.82) is 0 Å². The van der Waals surface area contributed by atoms with Gasteiger partial charge in [-0.3, -0.25) is 0 Å². The molecule has 0 amide bonds. The SMILES string of the molecule is CC(C)CC(O)CNC1CCSC1. The molecule has 3 heteroatoms. The molecule has 2 nitrogen and oxygen atoms in total. The zero-order chi connectivity index (χ0) is 9.68. The molecule has 0 saturated carbocycles. The Labute approximate surface area is 85.5 Å². The van der Waals surface area contributed by atoms with Gasteiger partial charge in [-0.25, -0.2) is 0 Å². The number of thioether (sulfide) groups is 1. The van der Waals surface area contributed by atoms with Crippen LogP contribution in [0.1, 0.15) is 26.7 Å². The molecule has 0 aromatic carbocycles. The Hall–Kier alpha value is 0.270. The van der Waals surface area contributed by atoms with Crippen LogP contribution in [-0.2, 0) is 0 Å². The second kappa shape index (κ2) is 5.89. The van der Waals surface area contributed by atoms with Gasteiger partial charge in [-0.15, -0.1) is 0 Å². The fourth-order valence-corrected chi connectivity index (χ4v) is 2.81. The Morgan fingerprint density at radius 2 is 2.31 bits per heavy atom. The van der Waals surface area contributed by atoms with E-state index in [2.05, 4.69) is 19.2 Å². The molecule has 1 rings (SSSR count). The van der Waals surface area contributed by atoms with Crippen molar-refractivity contribution in [2.45, 2.75) is 38.8 Å². The lowest BCUT2D eigenvalue weighted by molar-refractivity contribution is 0.143. The van der Waals surface area contributed by atoms with E-state index < -0.39 is 0 Å². The van der Waals surface area contributed by atoms with E-state index in [1.54, 1.807) is 0 Å². The summed E-state index contributed by atoms with van der Waals surface area (Å²) in [4.78, 5) is 0. The Bertz CT molecular complexity index is 135. The minimum atomic E-state index is -0.161. The Morgan fingerprint density at radius 3 is 2.85 bits per heavy atom. The zero-order valence-electron chi connectivity index (χ0n) is 8.62. The first-order chi connectivity index (χ1) is 6.18. The molecule has 2 N–H and O–H groups in total. The summed E-state index contributed by atoms with van der Waals surface area (Å²) < 4.78 is 0. The van der Waals surface area contributed by atoms with Crippen LogP contribution in [0.15, 0.2) is 0 Å². The molecule has 0 aromatic rings. The lowest BCUT2D eigenvalue weighted by atomic mass is 10.1. The van der Waals surface area contributed by atoms with Crippen molar-refractivity contribution in [3.05, 3.63) is 0 Å². The van der Waals surface area contributed by atoms with Crippen molar-refractivity contribution in [3.8, 4) is 0 Å².